The van der Waals surface area contributed by atoms with Crippen LogP contribution in [0.5, 0.6) is 0 Å². The van der Waals surface area contributed by atoms with Crippen LogP contribution in [-0.4, -0.2) is 35.4 Å². The number of rotatable bonds is 5. The maximum absolute atomic E-state index is 11.2. The first-order valence-electron chi connectivity index (χ1n) is 10.4. The molecular weight excluding hydrogens is 538 g/mol. The Bertz CT molecular complexity index is 1250. The number of hydrogen-bond donors (Lipinski definition) is 3. The van der Waals surface area contributed by atoms with Crippen molar-refractivity contribution in [2.24, 2.45) is 10.8 Å². The minimum absolute atomic E-state index is 0.605. The molecule has 1 heterocycles. The Morgan fingerprint density at radius 3 is 2.18 bits per heavy atom. The van der Waals surface area contributed by atoms with Crippen molar-refractivity contribution in [2.45, 2.75) is 9.88 Å². The fourth-order valence-corrected chi connectivity index (χ4v) is 3.25. The number of nitrogens with two attached hydrogens (primary N) is 1. The van der Waals surface area contributed by atoms with E-state index in [1.165, 1.54) is 0 Å². The quantitative estimate of drug-likeness (QED) is 0.146. The van der Waals surface area contributed by atoms with Gasteiger partial charge in [0.1, 0.15) is 0 Å². The number of hydrogen-bond acceptors (Lipinski definition) is 2. The van der Waals surface area contributed by atoms with Gasteiger partial charge in [-0.15, -0.1) is 0 Å². The molecule has 7 heteroatoms. The topological polar surface area (TPSA) is 83.3 Å². The van der Waals surface area contributed by atoms with Gasteiger partial charge in [0.2, 0.25) is 0 Å². The number of hydrazone groups is 1. The summed E-state index contributed by atoms with van der Waals surface area (Å²) < 4.78 is 0. The number of aromatic nitrogens is 1. The first-order valence-corrected chi connectivity index (χ1v) is 19.8. The number of fused-ring (bicyclic) bond motifs is 1. The van der Waals surface area contributed by atoms with Crippen LogP contribution in [0, 0.1) is 0 Å². The number of para-hydroxylation sites is 1. The summed E-state index contributed by atoms with van der Waals surface area (Å²) in [5.41, 5.74) is 13.2. The monoisotopic (exact) mass is 565 g/mol. The zero-order chi connectivity index (χ0) is 23.6. The fraction of sp³-hybridized carbons (Fsp3) is 0.0769. The van der Waals surface area contributed by atoms with E-state index in [-0.39, 0.29) is 0 Å². The molecule has 0 fully saturated rings. The normalized spacial score (nSPS) is 11.5. The minimum atomic E-state index is -1.07. The molecule has 0 bridgehead atoms. The molecule has 0 aliphatic heterocycles. The zero-order valence-electron chi connectivity index (χ0n) is 18.5. The van der Waals surface area contributed by atoms with E-state index in [1.54, 1.807) is 0 Å². The number of primary amides is 1. The van der Waals surface area contributed by atoms with Crippen molar-refractivity contribution >= 4 is 56.3 Å². The average Bonchev–Trinajstić information content (AvgIpc) is 3.18. The Hall–Kier alpha value is -3.03. The van der Waals surface area contributed by atoms with Gasteiger partial charge in [0.25, 0.3) is 0 Å². The molecule has 1 aromatic heterocycles. The van der Waals surface area contributed by atoms with Gasteiger partial charge >= 0.3 is 43.5 Å². The number of urea groups is 1. The van der Waals surface area contributed by atoms with Gasteiger partial charge in [-0.25, -0.2) is 10.2 Å². The van der Waals surface area contributed by atoms with E-state index in [1.807, 2.05) is 72.8 Å². The van der Waals surface area contributed by atoms with E-state index in [0.29, 0.717) is 5.71 Å². The molecule has 0 aliphatic rings. The first kappa shape index (κ1) is 24.6. The summed E-state index contributed by atoms with van der Waals surface area (Å²) in [6.45, 7) is 0. The Labute approximate surface area is 204 Å². The second-order valence-corrected chi connectivity index (χ2v) is 17.5. The summed E-state index contributed by atoms with van der Waals surface area (Å²) in [6.07, 6.45) is 3.89. The van der Waals surface area contributed by atoms with Crippen LogP contribution in [0.1, 0.15) is 11.1 Å². The summed E-state index contributed by atoms with van der Waals surface area (Å²) in [7, 11) is 5.47. The van der Waals surface area contributed by atoms with Crippen molar-refractivity contribution in [1.82, 2.24) is 10.4 Å². The molecule has 33 heavy (non-hydrogen) atoms. The molecule has 0 aliphatic carbocycles. The molecule has 5 nitrogen and oxygen atoms in total. The molecule has 4 rings (SSSR count). The van der Waals surface area contributed by atoms with E-state index >= 15 is 0 Å². The van der Waals surface area contributed by atoms with Crippen LogP contribution >= 0.6 is 8.92 Å². The first-order chi connectivity index (χ1) is 16.0. The summed E-state index contributed by atoms with van der Waals surface area (Å²) >= 11 is -1.07. The van der Waals surface area contributed by atoms with Crippen LogP contribution in [0.4, 0.5) is 4.79 Å². The summed E-state index contributed by atoms with van der Waals surface area (Å²) in [6, 6.07) is 27.3. The number of amides is 2. The Morgan fingerprint density at radius 1 is 0.970 bits per heavy atom. The maximum atomic E-state index is 11.2. The molecule has 4 N–H and O–H groups in total. The molecule has 0 saturated heterocycles. The molecule has 1 radical (unpaired) electrons. The van der Waals surface area contributed by atoms with E-state index in [0.717, 1.165) is 33.3 Å². The van der Waals surface area contributed by atoms with Crippen LogP contribution in [0.15, 0.2) is 96.1 Å². The molecule has 3 aromatic carbocycles. The summed E-state index contributed by atoms with van der Waals surface area (Å²) in [5.74, 6) is 0. The number of benzene rings is 3. The Balaban J connectivity index is 0.000000709. The number of allylic oxidation sites excluding steroid dienone is 1. The Morgan fingerprint density at radius 2 is 1.55 bits per heavy atom. The van der Waals surface area contributed by atoms with Gasteiger partial charge in [-0.1, -0.05) is 78.9 Å². The van der Waals surface area contributed by atoms with E-state index < -0.39 is 24.7 Å². The molecule has 2 amide bonds. The van der Waals surface area contributed by atoms with Gasteiger partial charge in [0, 0.05) is 22.0 Å². The van der Waals surface area contributed by atoms with Crippen molar-refractivity contribution in [1.29, 1.82) is 0 Å². The summed E-state index contributed by atoms with van der Waals surface area (Å²) in [5, 5.41) is 5.28. The predicted octanol–water partition coefficient (Wildman–Crippen LogP) is 6.40. The zero-order valence-corrected chi connectivity index (χ0v) is 22.2. The second kappa shape index (κ2) is 12.3. The molecule has 0 atom stereocenters. The van der Waals surface area contributed by atoms with Crippen LogP contribution in [-0.2, 0) is 0 Å². The van der Waals surface area contributed by atoms with Crippen molar-refractivity contribution in [2.75, 3.05) is 0 Å². The van der Waals surface area contributed by atoms with Gasteiger partial charge in [0.05, 0.1) is 11.4 Å². The third-order valence-electron chi connectivity index (χ3n) is 4.57. The Kier molecular flexibility index (Phi) is 9.15. The van der Waals surface area contributed by atoms with Gasteiger partial charge in [-0.05, 0) is 23.8 Å². The number of carbonyl (C=O) groups excluding carboxylic acids is 1. The molecule has 0 unspecified atom stereocenters. The van der Waals surface area contributed by atoms with E-state index in [4.69, 9.17) is 14.7 Å². The van der Waals surface area contributed by atoms with Gasteiger partial charge in [0.15, 0.2) is 0 Å². The number of carbonyl (C=O) groups is 1. The number of halogens is 1. The van der Waals surface area contributed by atoms with Crippen LogP contribution in [0.3, 0.4) is 0 Å². The van der Waals surface area contributed by atoms with Crippen LogP contribution in [0.2, 0.25) is 9.88 Å². The number of nitrogens with one attached hydrogen (secondary N) is 2. The molecule has 0 spiro atoms. The van der Waals surface area contributed by atoms with Crippen molar-refractivity contribution in [3.63, 3.8) is 0 Å². The SMILES string of the molecule is NC(=O)N/N=C(/C=C/c1c(-c2ccccc2)[nH]c2ccccc12)c1ccccc1.[CH3][Sn]([CH3])[Cl]. The number of aromatic amines is 1. The average molecular weight is 565 g/mol. The van der Waals surface area contributed by atoms with Crippen LogP contribution in [0.25, 0.3) is 28.2 Å². The second-order valence-electron chi connectivity index (χ2n) is 7.38. The molecular formula is C26H26ClN4OSn. The third-order valence-corrected chi connectivity index (χ3v) is 4.57. The number of H-pyrrole nitrogens is 1. The van der Waals surface area contributed by atoms with Crippen molar-refractivity contribution in [3.8, 4) is 11.3 Å². The molecule has 4 aromatic rings. The predicted molar refractivity (Wildman–Crippen MR) is 142 cm³/mol. The van der Waals surface area contributed by atoms with Crippen LogP contribution < -0.4 is 11.2 Å². The van der Waals surface area contributed by atoms with Crippen molar-refractivity contribution < 1.29 is 4.79 Å². The fourth-order valence-electron chi connectivity index (χ4n) is 3.25. The molecule has 0 saturated carbocycles. The molecule has 167 valence electrons. The standard InChI is InChI=1S/C24H20N4O.2CH3.ClH.Sn/c25-24(29)28-27-21(17-9-3-1-4-10-17)16-15-20-19-13-7-8-14-22(19)26-23(20)18-11-5-2-6-12-18;;;;/h1-16,26H,(H3,25,28,29);2*1H3;1H;/q;;;;+1/p-1/b16-15+,27-21-;;;;. The van der Waals surface area contributed by atoms with Gasteiger partial charge in [-0.2, -0.15) is 5.10 Å². The van der Waals surface area contributed by atoms with E-state index in [9.17, 15) is 4.79 Å². The van der Waals surface area contributed by atoms with Gasteiger partial charge < -0.3 is 10.7 Å². The third kappa shape index (κ3) is 7.23. The van der Waals surface area contributed by atoms with Crippen molar-refractivity contribution in [3.05, 3.63) is 102 Å². The van der Waals surface area contributed by atoms with E-state index in [2.05, 4.69) is 49.7 Å². The summed E-state index contributed by atoms with van der Waals surface area (Å²) in [4.78, 5) is 18.9. The van der Waals surface area contributed by atoms with Gasteiger partial charge in [-0.3, -0.25) is 0 Å². The number of nitrogens with zero attached hydrogens (tertiary/aromatic N) is 1.